The van der Waals surface area contributed by atoms with Gasteiger partial charge in [-0.3, -0.25) is 9.59 Å². The topological polar surface area (TPSA) is 87.5 Å². The van der Waals surface area contributed by atoms with Crippen molar-refractivity contribution in [2.24, 2.45) is 5.92 Å². The molecule has 4 rings (SSSR count). The molecule has 0 saturated carbocycles. The Labute approximate surface area is 174 Å². The Balaban J connectivity index is 1.45. The van der Waals surface area contributed by atoms with Crippen LogP contribution in [0.1, 0.15) is 23.8 Å². The molecule has 0 radical (unpaired) electrons. The van der Waals surface area contributed by atoms with Crippen LogP contribution in [0.5, 0.6) is 0 Å². The first-order chi connectivity index (χ1) is 14.4. The van der Waals surface area contributed by atoms with Crippen LogP contribution in [-0.4, -0.2) is 35.3 Å². The highest BCUT2D eigenvalue weighted by molar-refractivity contribution is 5.96. The monoisotopic (exact) mass is 404 g/mol. The van der Waals surface area contributed by atoms with Crippen molar-refractivity contribution < 1.29 is 14.0 Å². The molecule has 1 aliphatic heterocycles. The summed E-state index contributed by atoms with van der Waals surface area (Å²) in [7, 11) is 1.74. The third-order valence-electron chi connectivity index (χ3n) is 5.31. The van der Waals surface area contributed by atoms with Crippen LogP contribution in [0.2, 0.25) is 0 Å². The fourth-order valence-corrected chi connectivity index (χ4v) is 3.37. The highest BCUT2D eigenvalue weighted by atomic mass is 16.3. The number of hydrogen-bond donors (Lipinski definition) is 2. The quantitative estimate of drug-likeness (QED) is 0.646. The molecule has 3 aromatic rings. The Morgan fingerprint density at radius 1 is 1.37 bits per heavy atom. The normalized spacial score (nSPS) is 16.1. The van der Waals surface area contributed by atoms with Gasteiger partial charge in [-0.15, -0.1) is 0 Å². The highest BCUT2D eigenvalue weighted by Gasteiger charge is 2.20. The largest absolute Gasteiger partial charge is 0.459 e. The zero-order valence-electron chi connectivity index (χ0n) is 17.2. The summed E-state index contributed by atoms with van der Waals surface area (Å²) in [6, 6.07) is 9.72. The number of para-hydroxylation sites is 1. The van der Waals surface area contributed by atoms with Crippen molar-refractivity contribution in [3.63, 3.8) is 0 Å². The maximum Gasteiger partial charge on any atom is 0.246 e. The molecule has 1 atom stereocenters. The molecule has 1 aromatic carbocycles. The van der Waals surface area contributed by atoms with Crippen molar-refractivity contribution in [3.05, 3.63) is 59.5 Å². The number of nitrogens with one attached hydrogen (secondary N) is 2. The van der Waals surface area contributed by atoms with Crippen LogP contribution in [0.15, 0.2) is 47.0 Å². The third-order valence-corrected chi connectivity index (χ3v) is 5.31. The number of nitrogens with zero attached hydrogens (tertiary/aromatic N) is 2. The lowest BCUT2D eigenvalue weighted by Gasteiger charge is -2.14. The second kappa shape index (κ2) is 8.02. The van der Waals surface area contributed by atoms with Gasteiger partial charge in [-0.2, -0.15) is 0 Å². The third kappa shape index (κ3) is 3.91. The Bertz CT molecular complexity index is 1150. The molecule has 0 bridgehead atoms. The number of fused-ring (bicyclic) bond motifs is 2. The van der Waals surface area contributed by atoms with Crippen LogP contribution in [0.3, 0.4) is 0 Å². The van der Waals surface area contributed by atoms with Crippen molar-refractivity contribution in [2.75, 3.05) is 24.2 Å². The number of pyridine rings is 1. The molecular weight excluding hydrogens is 380 g/mol. The van der Waals surface area contributed by atoms with Gasteiger partial charge < -0.3 is 20.0 Å². The van der Waals surface area contributed by atoms with Gasteiger partial charge in [-0.05, 0) is 30.7 Å². The Hall–Kier alpha value is -3.61. The maximum absolute atomic E-state index is 12.6. The van der Waals surface area contributed by atoms with Crippen LogP contribution >= 0.6 is 0 Å². The van der Waals surface area contributed by atoms with Gasteiger partial charge in [0.25, 0.3) is 0 Å². The van der Waals surface area contributed by atoms with Crippen molar-refractivity contribution in [1.82, 2.24) is 9.88 Å². The van der Waals surface area contributed by atoms with Gasteiger partial charge in [-0.25, -0.2) is 4.98 Å². The molecule has 30 heavy (non-hydrogen) atoms. The molecule has 1 unspecified atom stereocenters. The Kier molecular flexibility index (Phi) is 5.27. The zero-order chi connectivity index (χ0) is 21.3. The summed E-state index contributed by atoms with van der Waals surface area (Å²) in [6.45, 7) is 4.78. The number of carbonyl (C=O) groups is 2. The van der Waals surface area contributed by atoms with Crippen LogP contribution in [0.25, 0.3) is 17.0 Å². The first kappa shape index (κ1) is 19.7. The van der Waals surface area contributed by atoms with E-state index in [0.29, 0.717) is 18.9 Å². The molecule has 0 fully saturated rings. The van der Waals surface area contributed by atoms with Crippen LogP contribution in [0, 0.1) is 12.8 Å². The smallest absolute Gasteiger partial charge is 0.246 e. The van der Waals surface area contributed by atoms with Crippen molar-refractivity contribution in [3.8, 4) is 0 Å². The number of benzene rings is 1. The average Bonchev–Trinajstić information content (AvgIpc) is 2.98. The van der Waals surface area contributed by atoms with E-state index in [4.69, 9.17) is 4.42 Å². The minimum atomic E-state index is -0.143. The summed E-state index contributed by atoms with van der Waals surface area (Å²) in [6.07, 6.45) is 4.86. The van der Waals surface area contributed by atoms with Gasteiger partial charge in [0.1, 0.15) is 11.3 Å². The number of amides is 2. The van der Waals surface area contributed by atoms with Crippen LogP contribution in [0.4, 0.5) is 11.5 Å². The number of likely N-dealkylation sites (N-methyl/N-ethyl adjacent to an activating group) is 1. The lowest BCUT2D eigenvalue weighted by Crippen LogP contribution is -2.24. The fraction of sp³-hybridized carbons (Fsp3) is 0.261. The molecule has 0 spiro atoms. The van der Waals surface area contributed by atoms with Gasteiger partial charge in [0.2, 0.25) is 11.8 Å². The molecule has 2 N–H and O–H groups in total. The number of anilines is 2. The minimum absolute atomic E-state index is 0.0604. The number of hydrogen-bond acceptors (Lipinski definition) is 5. The summed E-state index contributed by atoms with van der Waals surface area (Å²) in [5.74, 6) is 0.941. The van der Waals surface area contributed by atoms with Crippen molar-refractivity contribution >= 4 is 40.4 Å². The van der Waals surface area contributed by atoms with E-state index in [1.54, 1.807) is 24.2 Å². The van der Waals surface area contributed by atoms with Gasteiger partial charge in [0, 0.05) is 36.8 Å². The number of aryl methyl sites for hydroxylation is 1. The lowest BCUT2D eigenvalue weighted by molar-refractivity contribution is -0.125. The average molecular weight is 404 g/mol. The van der Waals surface area contributed by atoms with Crippen LogP contribution < -0.4 is 10.6 Å². The maximum atomic E-state index is 12.6. The molecule has 0 saturated heterocycles. The summed E-state index contributed by atoms with van der Waals surface area (Å²) in [5.41, 5.74) is 3.39. The summed E-state index contributed by atoms with van der Waals surface area (Å²) < 4.78 is 5.90. The molecular formula is C23H24N4O3. The molecule has 154 valence electrons. The first-order valence-corrected chi connectivity index (χ1v) is 9.87. The number of carbonyl (C=O) groups excluding carboxylic acids is 2. The molecule has 2 amide bonds. The molecule has 0 aliphatic carbocycles. The predicted octanol–water partition coefficient (Wildman–Crippen LogP) is 3.81. The second-order valence-corrected chi connectivity index (χ2v) is 7.61. The van der Waals surface area contributed by atoms with E-state index in [2.05, 4.69) is 15.6 Å². The Morgan fingerprint density at radius 2 is 2.17 bits per heavy atom. The van der Waals surface area contributed by atoms with Crippen molar-refractivity contribution in [1.29, 1.82) is 0 Å². The van der Waals surface area contributed by atoms with Gasteiger partial charge in [-0.1, -0.05) is 25.1 Å². The van der Waals surface area contributed by atoms with E-state index in [9.17, 15) is 9.59 Å². The van der Waals surface area contributed by atoms with E-state index in [1.165, 1.54) is 6.08 Å². The summed E-state index contributed by atoms with van der Waals surface area (Å²) >= 11 is 0. The molecule has 7 heteroatoms. The molecule has 2 aromatic heterocycles. The second-order valence-electron chi connectivity index (χ2n) is 7.61. The Morgan fingerprint density at radius 3 is 2.97 bits per heavy atom. The predicted molar refractivity (Wildman–Crippen MR) is 117 cm³/mol. The molecule has 1 aliphatic rings. The first-order valence-electron chi connectivity index (χ1n) is 9.87. The SMILES string of the molecule is Cc1c(CN(C)C(=O)/C=C/c2cnc3c(c2)NCC(C)C(=O)N3)oc2ccccc12. The fourth-order valence-electron chi connectivity index (χ4n) is 3.37. The van der Waals surface area contributed by atoms with E-state index in [-0.39, 0.29) is 17.7 Å². The standard InChI is InChI=1S/C23H24N4O3/c1-14-11-24-18-10-16(12-25-22(18)26-23(14)29)8-9-21(28)27(3)13-20-15(2)17-6-4-5-7-19(17)30-20/h4-10,12,14,24H,11,13H2,1-3H3,(H,25,26,29)/b9-8+. The zero-order valence-corrected chi connectivity index (χ0v) is 17.2. The highest BCUT2D eigenvalue weighted by Crippen LogP contribution is 2.26. The summed E-state index contributed by atoms with van der Waals surface area (Å²) in [5, 5.41) is 7.09. The van der Waals surface area contributed by atoms with Crippen LogP contribution in [-0.2, 0) is 16.1 Å². The number of rotatable bonds is 4. The lowest BCUT2D eigenvalue weighted by atomic mass is 10.1. The van der Waals surface area contributed by atoms with E-state index >= 15 is 0 Å². The van der Waals surface area contributed by atoms with E-state index < -0.39 is 0 Å². The summed E-state index contributed by atoms with van der Waals surface area (Å²) in [4.78, 5) is 30.4. The van der Waals surface area contributed by atoms with Gasteiger partial charge >= 0.3 is 0 Å². The number of aromatic nitrogens is 1. The van der Waals surface area contributed by atoms with Gasteiger partial charge in [0.15, 0.2) is 5.82 Å². The number of furan rings is 1. The van der Waals surface area contributed by atoms with E-state index in [1.807, 2.05) is 44.2 Å². The molecule has 3 heterocycles. The minimum Gasteiger partial charge on any atom is -0.459 e. The van der Waals surface area contributed by atoms with Crippen molar-refractivity contribution in [2.45, 2.75) is 20.4 Å². The molecule has 7 nitrogen and oxygen atoms in total. The van der Waals surface area contributed by atoms with Gasteiger partial charge in [0.05, 0.1) is 18.2 Å². The van der Waals surface area contributed by atoms with E-state index in [0.717, 1.165) is 33.5 Å².